The number of hydrogen-bond donors (Lipinski definition) is 2. The highest BCUT2D eigenvalue weighted by Crippen LogP contribution is 2.37. The van der Waals surface area contributed by atoms with Crippen molar-refractivity contribution in [3.05, 3.63) is 83.2 Å². The molecule has 2 fully saturated rings. The van der Waals surface area contributed by atoms with Gasteiger partial charge >= 0.3 is 5.97 Å². The van der Waals surface area contributed by atoms with Gasteiger partial charge in [0.05, 0.1) is 23.8 Å². The number of carboxylic acid groups (broad SMARTS) is 1. The SMILES string of the molecule is COc1ccccc1CNC(=O)C1(Cc2ccccc2)CCN(c2ncc(C(=O)O)c(CCC3CCCCC3)n2)CC1. The average Bonchev–Trinajstić information content (AvgIpc) is 3.04. The molecule has 1 aromatic heterocycles. The number of hydrogen-bond acceptors (Lipinski definition) is 6. The summed E-state index contributed by atoms with van der Waals surface area (Å²) in [6.45, 7) is 1.63. The Morgan fingerprint density at radius 3 is 2.45 bits per heavy atom. The fourth-order valence-corrected chi connectivity index (χ4v) is 6.56. The van der Waals surface area contributed by atoms with E-state index in [1.807, 2.05) is 42.5 Å². The molecular formula is C34H42N4O4. The van der Waals surface area contributed by atoms with Gasteiger partial charge in [-0.05, 0) is 49.7 Å². The molecule has 222 valence electrons. The smallest absolute Gasteiger partial charge is 0.339 e. The standard InChI is InChI=1S/C34H42N4O4/c1-42-30-15-9-8-14-27(30)23-35-32(41)34(22-26-12-6-3-7-13-26)18-20-38(21-19-34)33-36-24-28(31(39)40)29(37-33)17-16-25-10-4-2-5-11-25/h3,6-9,12-15,24-25H,2,4-5,10-11,16-23H2,1H3,(H,35,41)(H,39,40). The van der Waals surface area contributed by atoms with E-state index in [-0.39, 0.29) is 11.5 Å². The summed E-state index contributed by atoms with van der Waals surface area (Å²) >= 11 is 0. The molecule has 2 N–H and O–H groups in total. The molecule has 1 saturated carbocycles. The first-order chi connectivity index (χ1) is 20.5. The van der Waals surface area contributed by atoms with Gasteiger partial charge in [-0.1, -0.05) is 80.6 Å². The van der Waals surface area contributed by atoms with Gasteiger partial charge in [-0.2, -0.15) is 0 Å². The van der Waals surface area contributed by atoms with Gasteiger partial charge in [0.25, 0.3) is 0 Å². The van der Waals surface area contributed by atoms with Gasteiger partial charge < -0.3 is 20.1 Å². The number of amides is 1. The molecule has 1 amide bonds. The molecule has 2 aliphatic rings. The molecule has 8 nitrogen and oxygen atoms in total. The molecule has 0 spiro atoms. The Balaban J connectivity index is 1.31. The number of carbonyl (C=O) groups is 2. The maximum Gasteiger partial charge on any atom is 0.339 e. The van der Waals surface area contributed by atoms with Gasteiger partial charge in [0.2, 0.25) is 11.9 Å². The van der Waals surface area contributed by atoms with Gasteiger partial charge in [0.1, 0.15) is 5.75 Å². The lowest BCUT2D eigenvalue weighted by Crippen LogP contribution is -2.50. The third kappa shape index (κ3) is 7.09. The van der Waals surface area contributed by atoms with Gasteiger partial charge in [0.15, 0.2) is 0 Å². The molecule has 2 heterocycles. The van der Waals surface area contributed by atoms with Crippen molar-refractivity contribution in [2.75, 3.05) is 25.1 Å². The largest absolute Gasteiger partial charge is 0.496 e. The first kappa shape index (κ1) is 29.5. The predicted octanol–water partition coefficient (Wildman–Crippen LogP) is 5.84. The Morgan fingerprint density at radius 2 is 1.74 bits per heavy atom. The number of benzene rings is 2. The van der Waals surface area contributed by atoms with Crippen LogP contribution in [0.5, 0.6) is 5.75 Å². The normalized spacial score (nSPS) is 17.0. The highest BCUT2D eigenvalue weighted by Gasteiger charge is 2.42. The molecule has 0 radical (unpaired) electrons. The van der Waals surface area contributed by atoms with Crippen LogP contribution >= 0.6 is 0 Å². The number of anilines is 1. The van der Waals surface area contributed by atoms with E-state index in [1.54, 1.807) is 7.11 Å². The Kier molecular flexibility index (Phi) is 9.72. The molecule has 8 heteroatoms. The van der Waals surface area contributed by atoms with Crippen LogP contribution in [-0.4, -0.2) is 47.2 Å². The second-order valence-corrected chi connectivity index (χ2v) is 11.8. The summed E-state index contributed by atoms with van der Waals surface area (Å²) in [6.07, 6.45) is 11.3. The molecule has 3 aromatic rings. The van der Waals surface area contributed by atoms with Crippen LogP contribution in [0, 0.1) is 11.3 Å². The number of aromatic carboxylic acids is 1. The summed E-state index contributed by atoms with van der Waals surface area (Å²) in [5.41, 5.74) is 2.30. The van der Waals surface area contributed by atoms with E-state index in [1.165, 1.54) is 38.3 Å². The third-order valence-electron chi connectivity index (χ3n) is 9.10. The van der Waals surface area contributed by atoms with Crippen molar-refractivity contribution in [2.24, 2.45) is 11.3 Å². The van der Waals surface area contributed by atoms with Crippen molar-refractivity contribution in [3.8, 4) is 5.75 Å². The minimum atomic E-state index is -0.979. The number of carboxylic acids is 1. The Labute approximate surface area is 248 Å². The number of rotatable bonds is 11. The van der Waals surface area contributed by atoms with Crippen LogP contribution < -0.4 is 15.0 Å². The van der Waals surface area contributed by atoms with Gasteiger partial charge in [-0.3, -0.25) is 4.79 Å². The maximum atomic E-state index is 13.9. The second kappa shape index (κ2) is 13.8. The number of nitrogens with zero attached hydrogens (tertiary/aromatic N) is 3. The van der Waals surface area contributed by atoms with Crippen molar-refractivity contribution in [1.82, 2.24) is 15.3 Å². The summed E-state index contributed by atoms with van der Waals surface area (Å²) in [6, 6.07) is 17.9. The molecule has 1 aliphatic carbocycles. The molecule has 0 bridgehead atoms. The number of para-hydroxylation sites is 1. The molecular weight excluding hydrogens is 528 g/mol. The number of nitrogens with one attached hydrogen (secondary N) is 1. The van der Waals surface area contributed by atoms with Gasteiger partial charge in [-0.25, -0.2) is 14.8 Å². The highest BCUT2D eigenvalue weighted by atomic mass is 16.5. The van der Waals surface area contributed by atoms with Crippen LogP contribution in [-0.2, 0) is 24.2 Å². The summed E-state index contributed by atoms with van der Waals surface area (Å²) in [7, 11) is 1.64. The number of carbonyl (C=O) groups excluding carboxylic acids is 1. The van der Waals surface area contributed by atoms with Crippen LogP contribution in [0.1, 0.15) is 78.5 Å². The number of piperidine rings is 1. The van der Waals surface area contributed by atoms with Crippen LogP contribution in [0.25, 0.3) is 0 Å². The van der Waals surface area contributed by atoms with Gasteiger partial charge in [0, 0.05) is 31.4 Å². The van der Waals surface area contributed by atoms with Crippen molar-refractivity contribution in [1.29, 1.82) is 0 Å². The lowest BCUT2D eigenvalue weighted by Gasteiger charge is -2.41. The topological polar surface area (TPSA) is 105 Å². The number of methoxy groups -OCH3 is 1. The first-order valence-corrected chi connectivity index (χ1v) is 15.3. The minimum absolute atomic E-state index is 0.0345. The van der Waals surface area contributed by atoms with E-state index in [9.17, 15) is 14.7 Å². The van der Waals surface area contributed by atoms with Crippen LogP contribution in [0.2, 0.25) is 0 Å². The number of aryl methyl sites for hydroxylation is 1. The minimum Gasteiger partial charge on any atom is -0.496 e. The second-order valence-electron chi connectivity index (χ2n) is 11.8. The summed E-state index contributed by atoms with van der Waals surface area (Å²) in [5.74, 6) is 1.01. The molecule has 0 unspecified atom stereocenters. The summed E-state index contributed by atoms with van der Waals surface area (Å²) in [5, 5.41) is 13.0. The Bertz CT molecular complexity index is 1350. The number of ether oxygens (including phenoxy) is 1. The molecule has 5 rings (SSSR count). The van der Waals surface area contributed by atoms with Crippen LogP contribution in [0.3, 0.4) is 0 Å². The highest BCUT2D eigenvalue weighted by molar-refractivity contribution is 5.88. The van der Waals surface area contributed by atoms with Crippen molar-refractivity contribution >= 4 is 17.8 Å². The van der Waals surface area contributed by atoms with E-state index < -0.39 is 11.4 Å². The third-order valence-corrected chi connectivity index (χ3v) is 9.10. The lowest BCUT2D eigenvalue weighted by atomic mass is 9.73. The zero-order chi connectivity index (χ0) is 29.4. The molecule has 1 saturated heterocycles. The zero-order valence-corrected chi connectivity index (χ0v) is 24.6. The fraction of sp³-hybridized carbons (Fsp3) is 0.471. The van der Waals surface area contributed by atoms with E-state index >= 15 is 0 Å². The fourth-order valence-electron chi connectivity index (χ4n) is 6.56. The first-order valence-electron chi connectivity index (χ1n) is 15.3. The number of aromatic nitrogens is 2. The van der Waals surface area contributed by atoms with Crippen molar-refractivity contribution < 1.29 is 19.4 Å². The molecule has 1 aliphatic heterocycles. The molecule has 2 aromatic carbocycles. The zero-order valence-electron chi connectivity index (χ0n) is 24.6. The Hall–Kier alpha value is -3.94. The van der Waals surface area contributed by atoms with Crippen LogP contribution in [0.4, 0.5) is 5.95 Å². The van der Waals surface area contributed by atoms with Crippen molar-refractivity contribution in [3.63, 3.8) is 0 Å². The van der Waals surface area contributed by atoms with E-state index in [2.05, 4.69) is 27.3 Å². The monoisotopic (exact) mass is 570 g/mol. The van der Waals surface area contributed by atoms with E-state index in [4.69, 9.17) is 9.72 Å². The summed E-state index contributed by atoms with van der Waals surface area (Å²) in [4.78, 5) is 37.2. The lowest BCUT2D eigenvalue weighted by molar-refractivity contribution is -0.132. The average molecular weight is 571 g/mol. The van der Waals surface area contributed by atoms with Gasteiger partial charge in [-0.15, -0.1) is 0 Å². The maximum absolute atomic E-state index is 13.9. The van der Waals surface area contributed by atoms with Crippen LogP contribution in [0.15, 0.2) is 60.8 Å². The molecule has 42 heavy (non-hydrogen) atoms. The van der Waals surface area contributed by atoms with E-state index in [0.717, 1.165) is 23.3 Å². The summed E-state index contributed by atoms with van der Waals surface area (Å²) < 4.78 is 5.48. The quantitative estimate of drug-likeness (QED) is 0.298. The Morgan fingerprint density at radius 1 is 1.02 bits per heavy atom. The molecule has 0 atom stereocenters. The van der Waals surface area contributed by atoms with E-state index in [0.29, 0.717) is 62.9 Å². The predicted molar refractivity (Wildman–Crippen MR) is 163 cm³/mol. The van der Waals surface area contributed by atoms with Crippen molar-refractivity contribution in [2.45, 2.75) is 70.8 Å².